The van der Waals surface area contributed by atoms with Crippen LogP contribution in [0.5, 0.6) is 0 Å². The second-order valence-electron chi connectivity index (χ2n) is 4.43. The van der Waals surface area contributed by atoms with Crippen molar-refractivity contribution in [3.05, 3.63) is 29.8 Å². The van der Waals surface area contributed by atoms with Gasteiger partial charge in [-0.15, -0.1) is 0 Å². The molecule has 0 aromatic heterocycles. The van der Waals surface area contributed by atoms with Gasteiger partial charge in [0.15, 0.2) is 0 Å². The SMILES string of the molecule is CC(=O)C(C(C#N)C#N)C1C(=O)Nc2ccccc21. The molecule has 0 aliphatic carbocycles. The van der Waals surface area contributed by atoms with Crippen molar-refractivity contribution in [3.8, 4) is 12.1 Å². The van der Waals surface area contributed by atoms with Crippen LogP contribution in [0, 0.1) is 34.5 Å². The van der Waals surface area contributed by atoms with Gasteiger partial charge in [0.05, 0.1) is 24.0 Å². The molecular formula is C14H11N3O2. The van der Waals surface area contributed by atoms with E-state index in [0.29, 0.717) is 11.3 Å². The average molecular weight is 253 g/mol. The maximum atomic E-state index is 12.0. The summed E-state index contributed by atoms with van der Waals surface area (Å²) in [5.74, 6) is -3.49. The molecule has 0 saturated heterocycles. The lowest BCUT2D eigenvalue weighted by molar-refractivity contribution is -0.127. The van der Waals surface area contributed by atoms with Crippen molar-refractivity contribution in [3.63, 3.8) is 0 Å². The van der Waals surface area contributed by atoms with Gasteiger partial charge in [-0.25, -0.2) is 0 Å². The second-order valence-corrected chi connectivity index (χ2v) is 4.43. The zero-order valence-electron chi connectivity index (χ0n) is 10.3. The lowest BCUT2D eigenvalue weighted by Crippen LogP contribution is -2.31. The molecule has 1 aromatic rings. The monoisotopic (exact) mass is 253 g/mol. The van der Waals surface area contributed by atoms with E-state index >= 15 is 0 Å². The number of carbonyl (C=O) groups is 2. The molecule has 2 rings (SSSR count). The van der Waals surface area contributed by atoms with Gasteiger partial charge >= 0.3 is 0 Å². The van der Waals surface area contributed by atoms with Crippen molar-refractivity contribution in [2.75, 3.05) is 5.32 Å². The quantitative estimate of drug-likeness (QED) is 0.885. The van der Waals surface area contributed by atoms with Crippen molar-refractivity contribution in [1.82, 2.24) is 0 Å². The maximum absolute atomic E-state index is 12.0. The summed E-state index contributed by atoms with van der Waals surface area (Å²) >= 11 is 0. The van der Waals surface area contributed by atoms with E-state index in [2.05, 4.69) is 5.32 Å². The normalized spacial score (nSPS) is 18.1. The predicted octanol–water partition coefficient (Wildman–Crippen LogP) is 1.59. The number of ketones is 1. The number of benzene rings is 1. The number of hydrogen-bond donors (Lipinski definition) is 1. The lowest BCUT2D eigenvalue weighted by Gasteiger charge is -2.20. The van der Waals surface area contributed by atoms with Crippen molar-refractivity contribution >= 4 is 17.4 Å². The molecule has 2 atom stereocenters. The number of rotatable bonds is 3. The molecule has 1 aliphatic heterocycles. The number of hydrogen-bond acceptors (Lipinski definition) is 4. The highest BCUT2D eigenvalue weighted by Crippen LogP contribution is 2.40. The second kappa shape index (κ2) is 4.91. The third-order valence-corrected chi connectivity index (χ3v) is 3.30. The van der Waals surface area contributed by atoms with Crippen molar-refractivity contribution in [1.29, 1.82) is 10.5 Å². The first-order valence-corrected chi connectivity index (χ1v) is 5.79. The number of nitrogens with zero attached hydrogens (tertiary/aromatic N) is 2. The Morgan fingerprint density at radius 3 is 2.53 bits per heavy atom. The van der Waals surface area contributed by atoms with Gasteiger partial charge in [0.25, 0.3) is 0 Å². The Morgan fingerprint density at radius 1 is 1.32 bits per heavy atom. The Bertz CT molecular complexity index is 610. The molecule has 0 spiro atoms. The molecule has 1 aromatic carbocycles. The third-order valence-electron chi connectivity index (χ3n) is 3.30. The minimum atomic E-state index is -1.13. The molecule has 0 fully saturated rings. The van der Waals surface area contributed by atoms with Gasteiger partial charge in [0.1, 0.15) is 11.7 Å². The standard InChI is InChI=1S/C14H11N3O2/c1-8(18)12(9(6-15)7-16)13-10-4-2-3-5-11(10)17-14(13)19/h2-5,9,12-13H,1H3,(H,17,19). The summed E-state index contributed by atoms with van der Waals surface area (Å²) < 4.78 is 0. The fraction of sp³-hybridized carbons (Fsp3) is 0.286. The van der Waals surface area contributed by atoms with E-state index in [0.717, 1.165) is 0 Å². The van der Waals surface area contributed by atoms with Crippen molar-refractivity contribution in [2.24, 2.45) is 11.8 Å². The first kappa shape index (κ1) is 12.8. The first-order chi connectivity index (χ1) is 9.10. The summed E-state index contributed by atoms with van der Waals surface area (Å²) in [6, 6.07) is 10.6. The minimum absolute atomic E-state index is 0.329. The molecule has 94 valence electrons. The Morgan fingerprint density at radius 2 is 1.95 bits per heavy atom. The number of Topliss-reactive ketones (excluding diaryl/α,β-unsaturated/α-hetero) is 1. The molecule has 5 nitrogen and oxygen atoms in total. The number of nitriles is 2. The van der Waals surface area contributed by atoms with E-state index in [-0.39, 0.29) is 11.7 Å². The molecule has 1 aliphatic rings. The molecule has 1 amide bonds. The van der Waals surface area contributed by atoms with Gasteiger partial charge in [-0.2, -0.15) is 10.5 Å². The summed E-state index contributed by atoms with van der Waals surface area (Å²) in [4.78, 5) is 23.8. The zero-order chi connectivity index (χ0) is 14.0. The predicted molar refractivity (Wildman–Crippen MR) is 66.7 cm³/mol. The highest BCUT2D eigenvalue weighted by atomic mass is 16.2. The van der Waals surface area contributed by atoms with Gasteiger partial charge in [0, 0.05) is 5.69 Å². The van der Waals surface area contributed by atoms with E-state index in [9.17, 15) is 9.59 Å². The summed E-state index contributed by atoms with van der Waals surface area (Å²) in [6.45, 7) is 1.31. The van der Waals surface area contributed by atoms with E-state index in [4.69, 9.17) is 10.5 Å². The highest BCUT2D eigenvalue weighted by Gasteiger charge is 2.43. The number of nitrogens with one attached hydrogen (secondary N) is 1. The van der Waals surface area contributed by atoms with Gasteiger partial charge < -0.3 is 5.32 Å². The number of para-hydroxylation sites is 1. The zero-order valence-corrected chi connectivity index (χ0v) is 10.3. The summed E-state index contributed by atoms with van der Waals surface area (Å²) in [6.07, 6.45) is 0. The Balaban J connectivity index is 2.50. The van der Waals surface area contributed by atoms with Gasteiger partial charge in [-0.05, 0) is 18.6 Å². The molecular weight excluding hydrogens is 242 g/mol. The first-order valence-electron chi connectivity index (χ1n) is 5.79. The number of carbonyl (C=O) groups excluding carboxylic acids is 2. The maximum Gasteiger partial charge on any atom is 0.232 e. The summed E-state index contributed by atoms with van der Waals surface area (Å²) in [5, 5.41) is 20.6. The average Bonchev–Trinajstić information content (AvgIpc) is 2.71. The van der Waals surface area contributed by atoms with Crippen LogP contribution in [0.4, 0.5) is 5.69 Å². The molecule has 0 bridgehead atoms. The largest absolute Gasteiger partial charge is 0.325 e. The highest BCUT2D eigenvalue weighted by molar-refractivity contribution is 6.05. The topological polar surface area (TPSA) is 93.8 Å². The fourth-order valence-electron chi connectivity index (χ4n) is 2.44. The smallest absolute Gasteiger partial charge is 0.232 e. The fourth-order valence-corrected chi connectivity index (χ4v) is 2.44. The van der Waals surface area contributed by atoms with Gasteiger partial charge in [-0.1, -0.05) is 18.2 Å². The molecule has 2 unspecified atom stereocenters. The molecule has 19 heavy (non-hydrogen) atoms. The Hall–Kier alpha value is -2.66. The Labute approximate surface area is 110 Å². The lowest BCUT2D eigenvalue weighted by atomic mass is 9.77. The van der Waals surface area contributed by atoms with Crippen LogP contribution >= 0.6 is 0 Å². The van der Waals surface area contributed by atoms with Crippen LogP contribution in [0.25, 0.3) is 0 Å². The van der Waals surface area contributed by atoms with E-state index in [1.165, 1.54) is 6.92 Å². The van der Waals surface area contributed by atoms with Gasteiger partial charge in [-0.3, -0.25) is 9.59 Å². The molecule has 1 N–H and O–H groups in total. The van der Waals surface area contributed by atoms with Crippen LogP contribution in [0.2, 0.25) is 0 Å². The Kier molecular flexibility index (Phi) is 3.31. The van der Waals surface area contributed by atoms with Crippen LogP contribution in [0.3, 0.4) is 0 Å². The van der Waals surface area contributed by atoms with Gasteiger partial charge in [0.2, 0.25) is 5.91 Å². The third kappa shape index (κ3) is 2.07. The minimum Gasteiger partial charge on any atom is -0.325 e. The summed E-state index contributed by atoms with van der Waals surface area (Å²) in [5.41, 5.74) is 1.31. The van der Waals surface area contributed by atoms with Crippen LogP contribution in [-0.4, -0.2) is 11.7 Å². The van der Waals surface area contributed by atoms with Crippen LogP contribution in [0.15, 0.2) is 24.3 Å². The van der Waals surface area contributed by atoms with E-state index in [1.54, 1.807) is 36.4 Å². The van der Waals surface area contributed by atoms with E-state index < -0.39 is 17.8 Å². The van der Waals surface area contributed by atoms with Crippen molar-refractivity contribution < 1.29 is 9.59 Å². The molecule has 0 radical (unpaired) electrons. The number of fused-ring (bicyclic) bond motifs is 1. The van der Waals surface area contributed by atoms with Crippen LogP contribution in [0.1, 0.15) is 18.4 Å². The molecule has 0 saturated carbocycles. The molecule has 5 heteroatoms. The van der Waals surface area contributed by atoms with Crippen LogP contribution < -0.4 is 5.32 Å². The van der Waals surface area contributed by atoms with E-state index in [1.807, 2.05) is 0 Å². The molecule has 1 heterocycles. The number of amides is 1. The summed E-state index contributed by atoms with van der Waals surface area (Å²) in [7, 11) is 0. The van der Waals surface area contributed by atoms with Crippen molar-refractivity contribution in [2.45, 2.75) is 12.8 Å². The number of anilines is 1. The van der Waals surface area contributed by atoms with Crippen LogP contribution in [-0.2, 0) is 9.59 Å².